The van der Waals surface area contributed by atoms with E-state index in [1.165, 1.54) is 18.9 Å². The van der Waals surface area contributed by atoms with E-state index >= 15 is 0 Å². The van der Waals surface area contributed by atoms with Gasteiger partial charge in [0.2, 0.25) is 0 Å². The maximum Gasteiger partial charge on any atom is 0.188 e. The number of aromatic nitrogens is 2. The van der Waals surface area contributed by atoms with Crippen LogP contribution in [0.15, 0.2) is 41.9 Å². The van der Waals surface area contributed by atoms with E-state index in [0.717, 1.165) is 25.2 Å². The molecule has 8 heteroatoms. The third-order valence-corrected chi connectivity index (χ3v) is 4.65. The summed E-state index contributed by atoms with van der Waals surface area (Å²) in [5.74, 6) is 0.101. The zero-order chi connectivity index (χ0) is 17.6. The molecule has 1 aliphatic heterocycles. The molecule has 3 N–H and O–H groups in total. The Balaban J connectivity index is 0.00000243. The second-order valence-electron chi connectivity index (χ2n) is 6.26. The van der Waals surface area contributed by atoms with E-state index in [1.54, 1.807) is 29.4 Å². The molecular weight excluding hydrogens is 446 g/mol. The Morgan fingerprint density at radius 2 is 2.31 bits per heavy atom. The minimum atomic E-state index is -0.304. The van der Waals surface area contributed by atoms with Gasteiger partial charge in [-0.05, 0) is 43.6 Å². The van der Waals surface area contributed by atoms with E-state index < -0.39 is 0 Å². The summed E-state index contributed by atoms with van der Waals surface area (Å²) >= 11 is 0. The highest BCUT2D eigenvalue weighted by molar-refractivity contribution is 14.0. The number of aliphatic imine (C=N–C) groups is 1. The average molecular weight is 472 g/mol. The first-order valence-corrected chi connectivity index (χ1v) is 8.72. The number of rotatable bonds is 6. The number of guanidine groups is 1. The molecule has 1 unspecified atom stereocenters. The van der Waals surface area contributed by atoms with Crippen molar-refractivity contribution in [2.45, 2.75) is 32.4 Å². The number of nitrogens with two attached hydrogens (primary N) is 1. The fraction of sp³-hybridized carbons (Fsp3) is 0.444. The first kappa shape index (κ1) is 20.6. The van der Waals surface area contributed by atoms with Crippen molar-refractivity contribution in [1.29, 1.82) is 0 Å². The highest BCUT2D eigenvalue weighted by atomic mass is 127. The molecule has 1 aliphatic rings. The fourth-order valence-corrected chi connectivity index (χ4v) is 3.26. The van der Waals surface area contributed by atoms with Gasteiger partial charge in [0, 0.05) is 25.0 Å². The monoisotopic (exact) mass is 472 g/mol. The van der Waals surface area contributed by atoms with E-state index in [9.17, 15) is 4.39 Å². The summed E-state index contributed by atoms with van der Waals surface area (Å²) in [5.41, 5.74) is 7.20. The second-order valence-corrected chi connectivity index (χ2v) is 6.26. The Labute approximate surface area is 170 Å². The standard InChI is InChI=1S/C18H25FN6.HI/c1-2-24-8-3-4-15(24)12-23-18(20)22-11-14-5-6-17(16(19)10-14)25-9-7-21-13-25;/h5-7,9-10,13,15H,2-4,8,11-12H2,1H3,(H3,20,22,23);1H. The Bertz CT molecular complexity index is 718. The summed E-state index contributed by atoms with van der Waals surface area (Å²) in [6, 6.07) is 5.58. The fourth-order valence-electron chi connectivity index (χ4n) is 3.26. The van der Waals surface area contributed by atoms with Gasteiger partial charge in [-0.25, -0.2) is 14.4 Å². The first-order valence-electron chi connectivity index (χ1n) is 8.72. The average Bonchev–Trinajstić information content (AvgIpc) is 3.29. The lowest BCUT2D eigenvalue weighted by molar-refractivity contribution is 0.267. The number of benzene rings is 1. The summed E-state index contributed by atoms with van der Waals surface area (Å²) < 4.78 is 15.9. The van der Waals surface area contributed by atoms with Crippen LogP contribution in [0.2, 0.25) is 0 Å². The largest absolute Gasteiger partial charge is 0.370 e. The Hall–Kier alpha value is -1.68. The molecule has 0 spiro atoms. The molecule has 26 heavy (non-hydrogen) atoms. The van der Waals surface area contributed by atoms with E-state index in [1.807, 2.05) is 6.07 Å². The van der Waals surface area contributed by atoms with Gasteiger partial charge in [0.05, 0.1) is 18.6 Å². The lowest BCUT2D eigenvalue weighted by atomic mass is 10.2. The van der Waals surface area contributed by atoms with Gasteiger partial charge in [-0.3, -0.25) is 4.90 Å². The van der Waals surface area contributed by atoms with Crippen LogP contribution >= 0.6 is 24.0 Å². The first-order chi connectivity index (χ1) is 12.2. The Kier molecular flexibility index (Phi) is 7.83. The third kappa shape index (κ3) is 5.16. The van der Waals surface area contributed by atoms with Crippen molar-refractivity contribution < 1.29 is 4.39 Å². The SMILES string of the molecule is CCN1CCCC1CNC(N)=NCc1ccc(-n2ccnc2)c(F)c1.I. The van der Waals surface area contributed by atoms with Crippen LogP contribution in [0, 0.1) is 5.82 Å². The quantitative estimate of drug-likeness (QED) is 0.385. The molecule has 1 saturated heterocycles. The third-order valence-electron chi connectivity index (χ3n) is 4.65. The van der Waals surface area contributed by atoms with Gasteiger partial charge >= 0.3 is 0 Å². The lowest BCUT2D eigenvalue weighted by Gasteiger charge is -2.23. The number of likely N-dealkylation sites (N-methyl/N-ethyl adjacent to an activating group) is 1. The predicted octanol–water partition coefficient (Wildman–Crippen LogP) is 2.52. The molecule has 0 radical (unpaired) electrons. The lowest BCUT2D eigenvalue weighted by Crippen LogP contribution is -2.42. The maximum atomic E-state index is 14.2. The molecule has 142 valence electrons. The summed E-state index contributed by atoms with van der Waals surface area (Å²) in [4.78, 5) is 10.7. The van der Waals surface area contributed by atoms with E-state index in [4.69, 9.17) is 5.73 Å². The van der Waals surface area contributed by atoms with Crippen molar-refractivity contribution in [3.63, 3.8) is 0 Å². The maximum absolute atomic E-state index is 14.2. The zero-order valence-electron chi connectivity index (χ0n) is 14.9. The van der Waals surface area contributed by atoms with E-state index in [0.29, 0.717) is 24.2 Å². The summed E-state index contributed by atoms with van der Waals surface area (Å²) in [5, 5.41) is 3.19. The van der Waals surface area contributed by atoms with Gasteiger partial charge < -0.3 is 15.6 Å². The minimum Gasteiger partial charge on any atom is -0.370 e. The minimum absolute atomic E-state index is 0. The molecule has 6 nitrogen and oxygen atoms in total. The normalized spacial score (nSPS) is 17.9. The highest BCUT2D eigenvalue weighted by Crippen LogP contribution is 2.16. The molecule has 1 fully saturated rings. The van der Waals surface area contributed by atoms with Crippen LogP contribution in [0.25, 0.3) is 5.69 Å². The predicted molar refractivity (Wildman–Crippen MR) is 113 cm³/mol. The number of nitrogens with one attached hydrogen (secondary N) is 1. The number of hydrogen-bond donors (Lipinski definition) is 2. The van der Waals surface area contributed by atoms with Gasteiger partial charge in [-0.2, -0.15) is 0 Å². The molecule has 2 aromatic rings. The number of halogens is 2. The van der Waals surface area contributed by atoms with Crippen LogP contribution in [0.1, 0.15) is 25.3 Å². The van der Waals surface area contributed by atoms with E-state index in [-0.39, 0.29) is 29.8 Å². The van der Waals surface area contributed by atoms with Crippen molar-refractivity contribution >= 4 is 29.9 Å². The molecule has 0 aliphatic carbocycles. The van der Waals surface area contributed by atoms with Crippen LogP contribution in [0.3, 0.4) is 0 Å². The molecule has 1 aromatic heterocycles. The number of imidazole rings is 1. The van der Waals surface area contributed by atoms with Crippen molar-refractivity contribution in [1.82, 2.24) is 19.8 Å². The highest BCUT2D eigenvalue weighted by Gasteiger charge is 2.22. The van der Waals surface area contributed by atoms with Crippen LogP contribution in [-0.4, -0.2) is 46.1 Å². The van der Waals surface area contributed by atoms with Crippen LogP contribution in [0.4, 0.5) is 4.39 Å². The summed E-state index contributed by atoms with van der Waals surface area (Å²) in [7, 11) is 0. The molecule has 0 saturated carbocycles. The number of likely N-dealkylation sites (tertiary alicyclic amines) is 1. The molecule has 0 amide bonds. The molecule has 1 atom stereocenters. The van der Waals surface area contributed by atoms with Crippen molar-refractivity contribution in [2.24, 2.45) is 10.7 Å². The van der Waals surface area contributed by atoms with Crippen molar-refractivity contribution in [2.75, 3.05) is 19.6 Å². The van der Waals surface area contributed by atoms with Crippen LogP contribution in [-0.2, 0) is 6.54 Å². The Morgan fingerprint density at radius 3 is 3.00 bits per heavy atom. The molecule has 0 bridgehead atoms. The van der Waals surface area contributed by atoms with Gasteiger partial charge in [0.15, 0.2) is 5.96 Å². The summed E-state index contributed by atoms with van der Waals surface area (Å²) in [6.45, 7) is 5.55. The van der Waals surface area contributed by atoms with Gasteiger partial charge in [-0.1, -0.05) is 13.0 Å². The number of nitrogens with zero attached hydrogens (tertiary/aromatic N) is 4. The number of hydrogen-bond acceptors (Lipinski definition) is 3. The van der Waals surface area contributed by atoms with Crippen molar-refractivity contribution in [3.8, 4) is 5.69 Å². The molecular formula is C18H26FIN6. The molecule has 3 rings (SSSR count). The van der Waals surface area contributed by atoms with Gasteiger partial charge in [0.1, 0.15) is 5.82 Å². The van der Waals surface area contributed by atoms with Crippen LogP contribution in [0.5, 0.6) is 0 Å². The van der Waals surface area contributed by atoms with E-state index in [2.05, 4.69) is 27.1 Å². The molecule has 2 heterocycles. The van der Waals surface area contributed by atoms with Gasteiger partial charge in [-0.15, -0.1) is 24.0 Å². The Morgan fingerprint density at radius 1 is 1.46 bits per heavy atom. The smallest absolute Gasteiger partial charge is 0.188 e. The topological polar surface area (TPSA) is 71.5 Å². The van der Waals surface area contributed by atoms with Crippen LogP contribution < -0.4 is 11.1 Å². The summed E-state index contributed by atoms with van der Waals surface area (Å²) in [6.07, 6.45) is 7.32. The van der Waals surface area contributed by atoms with Gasteiger partial charge in [0.25, 0.3) is 0 Å². The van der Waals surface area contributed by atoms with Crippen molar-refractivity contribution in [3.05, 3.63) is 48.3 Å². The zero-order valence-corrected chi connectivity index (χ0v) is 17.3. The molecule has 1 aromatic carbocycles. The second kappa shape index (κ2) is 9.86.